The van der Waals surface area contributed by atoms with E-state index in [4.69, 9.17) is 4.74 Å². The van der Waals surface area contributed by atoms with Crippen LogP contribution in [0.3, 0.4) is 0 Å². The quantitative estimate of drug-likeness (QED) is 0.908. The number of hydrogen-bond donors (Lipinski definition) is 2. The second-order valence-corrected chi connectivity index (χ2v) is 5.77. The van der Waals surface area contributed by atoms with Crippen molar-refractivity contribution in [2.24, 2.45) is 0 Å². The molecule has 2 N–H and O–H groups in total. The Kier molecular flexibility index (Phi) is 4.06. The van der Waals surface area contributed by atoms with Crippen molar-refractivity contribution in [3.8, 4) is 5.75 Å². The van der Waals surface area contributed by atoms with Crippen LogP contribution in [-0.2, 0) is 5.60 Å². The van der Waals surface area contributed by atoms with Gasteiger partial charge in [0.25, 0.3) is 5.91 Å². The Labute approximate surface area is 121 Å². The van der Waals surface area contributed by atoms with Gasteiger partial charge in [0.05, 0.1) is 23.2 Å². The maximum atomic E-state index is 12.2. The molecule has 2 aromatic rings. The van der Waals surface area contributed by atoms with Crippen LogP contribution in [0.2, 0.25) is 0 Å². The smallest absolute Gasteiger partial charge is 0.261 e. The van der Waals surface area contributed by atoms with E-state index < -0.39 is 5.60 Å². The van der Waals surface area contributed by atoms with Crippen molar-refractivity contribution in [2.75, 3.05) is 12.4 Å². The number of aliphatic hydroxyl groups is 1. The predicted molar refractivity (Wildman–Crippen MR) is 78.3 cm³/mol. The minimum Gasteiger partial charge on any atom is -0.496 e. The maximum absolute atomic E-state index is 12.2. The number of para-hydroxylation sites is 1. The van der Waals surface area contributed by atoms with Gasteiger partial charge in [-0.2, -0.15) is 0 Å². The summed E-state index contributed by atoms with van der Waals surface area (Å²) in [7, 11) is 1.52. The lowest BCUT2D eigenvalue weighted by Crippen LogP contribution is -2.13. The van der Waals surface area contributed by atoms with Crippen LogP contribution in [0.25, 0.3) is 0 Å². The Morgan fingerprint density at radius 3 is 2.70 bits per heavy atom. The molecule has 0 spiro atoms. The second kappa shape index (κ2) is 5.60. The third-order valence-corrected chi connectivity index (χ3v) is 3.91. The minimum absolute atomic E-state index is 0.293. The van der Waals surface area contributed by atoms with Crippen molar-refractivity contribution < 1.29 is 14.6 Å². The lowest BCUT2D eigenvalue weighted by molar-refractivity contribution is 0.0823. The number of amides is 1. The van der Waals surface area contributed by atoms with E-state index in [-0.39, 0.29) is 5.91 Å². The molecule has 6 heteroatoms. The van der Waals surface area contributed by atoms with Gasteiger partial charge < -0.3 is 9.84 Å². The van der Waals surface area contributed by atoms with Gasteiger partial charge in [-0.3, -0.25) is 10.1 Å². The van der Waals surface area contributed by atoms with Gasteiger partial charge in [0.2, 0.25) is 0 Å². The number of carbonyl (C=O) groups is 1. The molecule has 2 rings (SSSR count). The summed E-state index contributed by atoms with van der Waals surface area (Å²) < 4.78 is 5.15. The van der Waals surface area contributed by atoms with Gasteiger partial charge in [0, 0.05) is 6.20 Å². The molecule has 1 aromatic carbocycles. The summed E-state index contributed by atoms with van der Waals surface area (Å²) >= 11 is 1.24. The van der Waals surface area contributed by atoms with Gasteiger partial charge in [-0.05, 0) is 26.0 Å². The number of hydrogen-bond acceptors (Lipinski definition) is 5. The van der Waals surface area contributed by atoms with Crippen molar-refractivity contribution >= 4 is 22.4 Å². The van der Waals surface area contributed by atoms with Gasteiger partial charge in [-0.25, -0.2) is 4.98 Å². The van der Waals surface area contributed by atoms with E-state index in [9.17, 15) is 9.90 Å². The molecule has 0 saturated heterocycles. The summed E-state index contributed by atoms with van der Waals surface area (Å²) in [5, 5.41) is 13.0. The number of nitrogens with one attached hydrogen (secondary N) is 1. The van der Waals surface area contributed by atoms with E-state index in [1.807, 2.05) is 0 Å². The van der Waals surface area contributed by atoms with E-state index in [1.54, 1.807) is 44.3 Å². The summed E-state index contributed by atoms with van der Waals surface area (Å²) in [5.41, 5.74) is -0.527. The van der Waals surface area contributed by atoms with Crippen molar-refractivity contribution in [1.29, 1.82) is 0 Å². The molecule has 0 aliphatic rings. The van der Waals surface area contributed by atoms with Gasteiger partial charge in [0.1, 0.15) is 5.75 Å². The molecule has 0 aliphatic heterocycles. The zero-order valence-electron chi connectivity index (χ0n) is 11.5. The van der Waals surface area contributed by atoms with E-state index in [2.05, 4.69) is 10.3 Å². The van der Waals surface area contributed by atoms with Crippen LogP contribution in [0, 0.1) is 0 Å². The molecular weight excluding hydrogens is 276 g/mol. The Bertz CT molecular complexity index is 617. The first kappa shape index (κ1) is 14.5. The Morgan fingerprint density at radius 1 is 1.40 bits per heavy atom. The number of methoxy groups -OCH3 is 1. The van der Waals surface area contributed by atoms with Crippen LogP contribution in [0.15, 0.2) is 30.5 Å². The number of rotatable bonds is 4. The SMILES string of the molecule is COc1ccccc1C(=O)Nc1ncc(C(C)(C)O)s1. The van der Waals surface area contributed by atoms with Crippen molar-refractivity contribution in [3.63, 3.8) is 0 Å². The highest BCUT2D eigenvalue weighted by molar-refractivity contribution is 7.15. The molecule has 0 fully saturated rings. The molecule has 0 atom stereocenters. The number of nitrogens with zero attached hydrogens (tertiary/aromatic N) is 1. The number of ether oxygens (including phenoxy) is 1. The molecule has 1 aromatic heterocycles. The normalized spacial score (nSPS) is 11.2. The lowest BCUT2D eigenvalue weighted by Gasteiger charge is -2.13. The highest BCUT2D eigenvalue weighted by Crippen LogP contribution is 2.29. The van der Waals surface area contributed by atoms with Gasteiger partial charge in [0.15, 0.2) is 5.13 Å². The van der Waals surface area contributed by atoms with Crippen LogP contribution in [-0.4, -0.2) is 23.1 Å². The summed E-state index contributed by atoms with van der Waals surface area (Å²) in [6.07, 6.45) is 1.56. The monoisotopic (exact) mass is 292 g/mol. The summed E-state index contributed by atoms with van der Waals surface area (Å²) in [4.78, 5) is 16.9. The van der Waals surface area contributed by atoms with E-state index in [0.717, 1.165) is 0 Å². The molecule has 1 heterocycles. The Morgan fingerprint density at radius 2 is 2.10 bits per heavy atom. The number of thiazole rings is 1. The minimum atomic E-state index is -0.967. The molecule has 0 radical (unpaired) electrons. The van der Waals surface area contributed by atoms with Crippen LogP contribution in [0.5, 0.6) is 5.75 Å². The summed E-state index contributed by atoms with van der Waals surface area (Å²) in [6, 6.07) is 6.96. The molecule has 0 unspecified atom stereocenters. The Balaban J connectivity index is 2.18. The number of anilines is 1. The molecule has 0 saturated carbocycles. The van der Waals surface area contributed by atoms with Gasteiger partial charge in [-0.1, -0.05) is 23.5 Å². The first-order valence-electron chi connectivity index (χ1n) is 6.05. The van der Waals surface area contributed by atoms with E-state index in [1.165, 1.54) is 18.4 Å². The number of benzene rings is 1. The largest absolute Gasteiger partial charge is 0.496 e. The van der Waals surface area contributed by atoms with E-state index >= 15 is 0 Å². The average molecular weight is 292 g/mol. The number of aromatic nitrogens is 1. The second-order valence-electron chi connectivity index (χ2n) is 4.74. The zero-order chi connectivity index (χ0) is 14.8. The van der Waals surface area contributed by atoms with E-state index in [0.29, 0.717) is 21.3 Å². The van der Waals surface area contributed by atoms with Gasteiger partial charge in [-0.15, -0.1) is 0 Å². The third-order valence-electron chi connectivity index (χ3n) is 2.68. The molecule has 0 bridgehead atoms. The van der Waals surface area contributed by atoms with Crippen molar-refractivity contribution in [2.45, 2.75) is 19.4 Å². The third kappa shape index (κ3) is 3.15. The molecule has 0 aliphatic carbocycles. The molecule has 106 valence electrons. The highest BCUT2D eigenvalue weighted by Gasteiger charge is 2.20. The standard InChI is InChI=1S/C14H16N2O3S/c1-14(2,18)11-8-15-13(20-11)16-12(17)9-6-4-5-7-10(9)19-3/h4-8,18H,1-3H3,(H,15,16,17). The fourth-order valence-corrected chi connectivity index (χ4v) is 2.42. The fraction of sp³-hybridized carbons (Fsp3) is 0.286. The highest BCUT2D eigenvalue weighted by atomic mass is 32.1. The average Bonchev–Trinajstić information content (AvgIpc) is 2.87. The van der Waals surface area contributed by atoms with Crippen LogP contribution in [0.4, 0.5) is 5.13 Å². The van der Waals surface area contributed by atoms with Crippen LogP contribution >= 0.6 is 11.3 Å². The summed E-state index contributed by atoms with van der Waals surface area (Å²) in [5.74, 6) is 0.211. The zero-order valence-corrected chi connectivity index (χ0v) is 12.3. The molecule has 1 amide bonds. The first-order chi connectivity index (χ1) is 9.41. The predicted octanol–water partition coefficient (Wildman–Crippen LogP) is 2.63. The van der Waals surface area contributed by atoms with Crippen molar-refractivity contribution in [1.82, 2.24) is 4.98 Å². The van der Waals surface area contributed by atoms with Crippen LogP contribution < -0.4 is 10.1 Å². The summed E-state index contributed by atoms with van der Waals surface area (Å²) in [6.45, 7) is 3.35. The molecule has 5 nitrogen and oxygen atoms in total. The number of carbonyl (C=O) groups excluding carboxylic acids is 1. The topological polar surface area (TPSA) is 71.5 Å². The molecule has 20 heavy (non-hydrogen) atoms. The molecular formula is C14H16N2O3S. The Hall–Kier alpha value is -1.92. The van der Waals surface area contributed by atoms with Crippen molar-refractivity contribution in [3.05, 3.63) is 40.9 Å². The maximum Gasteiger partial charge on any atom is 0.261 e. The fourth-order valence-electron chi connectivity index (χ4n) is 1.61. The van der Waals surface area contributed by atoms with Crippen LogP contribution in [0.1, 0.15) is 29.1 Å². The van der Waals surface area contributed by atoms with Gasteiger partial charge >= 0.3 is 0 Å². The lowest BCUT2D eigenvalue weighted by atomic mass is 10.1. The first-order valence-corrected chi connectivity index (χ1v) is 6.86.